The van der Waals surface area contributed by atoms with Crippen molar-refractivity contribution in [3.05, 3.63) is 29.8 Å². The van der Waals surface area contributed by atoms with E-state index >= 15 is 0 Å². The number of ether oxygens (including phenoxy) is 1. The Bertz CT molecular complexity index is 460. The minimum absolute atomic E-state index is 0.374. The Labute approximate surface area is 128 Å². The van der Waals surface area contributed by atoms with Gasteiger partial charge in [-0.05, 0) is 37.5 Å². The normalized spacial score (nSPS) is 23.9. The first-order valence-corrected chi connectivity index (χ1v) is 8.37. The summed E-state index contributed by atoms with van der Waals surface area (Å²) in [4.78, 5) is 2.76. The third kappa shape index (κ3) is 2.95. The maximum atomic E-state index is 5.40. The fourth-order valence-corrected chi connectivity index (χ4v) is 4.22. The molecule has 1 spiro atoms. The van der Waals surface area contributed by atoms with Crippen LogP contribution in [0.3, 0.4) is 0 Å². The largest absolute Gasteiger partial charge is 0.497 e. The zero-order valence-electron chi connectivity index (χ0n) is 13.4. The molecular weight excluding hydrogens is 260 g/mol. The van der Waals surface area contributed by atoms with E-state index in [4.69, 9.17) is 4.74 Å². The molecule has 1 saturated heterocycles. The van der Waals surface area contributed by atoms with Crippen LogP contribution in [-0.4, -0.2) is 37.2 Å². The summed E-state index contributed by atoms with van der Waals surface area (Å²) in [7, 11) is 1.75. The molecule has 2 fully saturated rings. The second-order valence-corrected chi connectivity index (χ2v) is 6.61. The molecule has 3 heteroatoms. The molecule has 3 rings (SSSR count). The molecule has 0 amide bonds. The molecule has 1 heterocycles. The summed E-state index contributed by atoms with van der Waals surface area (Å²) in [6, 6.07) is 9.04. The van der Waals surface area contributed by atoms with Crippen LogP contribution in [0.15, 0.2) is 24.3 Å². The maximum Gasteiger partial charge on any atom is 0.119 e. The minimum atomic E-state index is 0.374. The van der Waals surface area contributed by atoms with Crippen LogP contribution in [0.2, 0.25) is 0 Å². The first kappa shape index (κ1) is 14.9. The van der Waals surface area contributed by atoms with E-state index in [1.165, 1.54) is 37.7 Å². The van der Waals surface area contributed by atoms with Crippen LogP contribution in [0.1, 0.15) is 50.6 Å². The molecule has 1 aromatic rings. The average molecular weight is 288 g/mol. The number of rotatable bonds is 3. The lowest BCUT2D eigenvalue weighted by atomic mass is 9.78. The highest BCUT2D eigenvalue weighted by Crippen LogP contribution is 2.39. The number of hydrogen-bond donors (Lipinski definition) is 1. The van der Waals surface area contributed by atoms with E-state index < -0.39 is 0 Å². The highest BCUT2D eigenvalue weighted by Gasteiger charge is 2.41. The predicted molar refractivity (Wildman–Crippen MR) is 86.8 cm³/mol. The molecule has 1 aromatic carbocycles. The van der Waals surface area contributed by atoms with Crippen molar-refractivity contribution >= 4 is 0 Å². The summed E-state index contributed by atoms with van der Waals surface area (Å²) in [6.45, 7) is 5.77. The van der Waals surface area contributed by atoms with E-state index in [1.807, 2.05) is 6.07 Å². The topological polar surface area (TPSA) is 24.5 Å². The Morgan fingerprint density at radius 2 is 2.05 bits per heavy atom. The summed E-state index contributed by atoms with van der Waals surface area (Å²) in [6.07, 6.45) is 6.85. The molecule has 1 aliphatic carbocycles. The van der Waals surface area contributed by atoms with Crippen molar-refractivity contribution in [1.29, 1.82) is 0 Å². The Hall–Kier alpha value is -1.06. The van der Waals surface area contributed by atoms with Gasteiger partial charge in [0, 0.05) is 31.2 Å². The van der Waals surface area contributed by atoms with Crippen molar-refractivity contribution in [3.8, 4) is 5.75 Å². The number of piperazine rings is 1. The predicted octanol–water partition coefficient (Wildman–Crippen LogP) is 3.36. The number of methoxy groups -OCH3 is 1. The van der Waals surface area contributed by atoms with Crippen molar-refractivity contribution in [2.75, 3.05) is 26.7 Å². The second kappa shape index (κ2) is 6.37. The third-order valence-electron chi connectivity index (χ3n) is 5.42. The summed E-state index contributed by atoms with van der Waals surface area (Å²) >= 11 is 0. The lowest BCUT2D eigenvalue weighted by Crippen LogP contribution is -2.62. The molecule has 1 unspecified atom stereocenters. The van der Waals surface area contributed by atoms with E-state index in [2.05, 4.69) is 35.3 Å². The lowest BCUT2D eigenvalue weighted by Gasteiger charge is -2.52. The molecule has 0 aromatic heterocycles. The van der Waals surface area contributed by atoms with Gasteiger partial charge in [0.1, 0.15) is 5.75 Å². The van der Waals surface area contributed by atoms with Gasteiger partial charge < -0.3 is 10.1 Å². The summed E-state index contributed by atoms with van der Waals surface area (Å²) in [5.74, 6) is 0.965. The van der Waals surface area contributed by atoms with Crippen LogP contribution in [0, 0.1) is 0 Å². The molecule has 2 aliphatic rings. The fourth-order valence-electron chi connectivity index (χ4n) is 4.22. The highest BCUT2D eigenvalue weighted by atomic mass is 16.5. The first-order chi connectivity index (χ1) is 10.2. The lowest BCUT2D eigenvalue weighted by molar-refractivity contribution is -0.00283. The van der Waals surface area contributed by atoms with Gasteiger partial charge in [-0.1, -0.05) is 31.4 Å². The van der Waals surface area contributed by atoms with E-state index in [-0.39, 0.29) is 0 Å². The second-order valence-electron chi connectivity index (χ2n) is 6.61. The molecule has 1 N–H and O–H groups in total. The maximum absolute atomic E-state index is 5.40. The van der Waals surface area contributed by atoms with E-state index in [0.29, 0.717) is 11.6 Å². The van der Waals surface area contributed by atoms with Crippen LogP contribution in [0.5, 0.6) is 5.75 Å². The van der Waals surface area contributed by atoms with Crippen LogP contribution < -0.4 is 10.1 Å². The van der Waals surface area contributed by atoms with Gasteiger partial charge in [0.2, 0.25) is 0 Å². The zero-order valence-corrected chi connectivity index (χ0v) is 13.4. The molecule has 1 atom stereocenters. The number of nitrogens with one attached hydrogen (secondary N) is 1. The number of hydrogen-bond acceptors (Lipinski definition) is 3. The van der Waals surface area contributed by atoms with Crippen LogP contribution in [0.4, 0.5) is 0 Å². The van der Waals surface area contributed by atoms with Gasteiger partial charge in [-0.25, -0.2) is 0 Å². The summed E-state index contributed by atoms with van der Waals surface area (Å²) in [5, 5.41) is 3.64. The van der Waals surface area contributed by atoms with Gasteiger partial charge in [-0.3, -0.25) is 4.90 Å². The summed E-state index contributed by atoms with van der Waals surface area (Å²) in [5.41, 5.74) is 1.75. The van der Waals surface area contributed by atoms with Crippen molar-refractivity contribution < 1.29 is 4.74 Å². The summed E-state index contributed by atoms with van der Waals surface area (Å²) < 4.78 is 5.40. The van der Waals surface area contributed by atoms with Gasteiger partial charge in [-0.2, -0.15) is 0 Å². The Kier molecular flexibility index (Phi) is 4.51. The standard InChI is InChI=1S/C18H28N2O/c1-15(16-7-6-8-17(13-16)21-2)20-12-11-19-14-18(20)9-4-3-5-10-18/h6-8,13,15,19H,3-5,9-12,14H2,1-2H3. The third-order valence-corrected chi connectivity index (χ3v) is 5.42. The molecule has 1 aliphatic heterocycles. The van der Waals surface area contributed by atoms with Gasteiger partial charge in [-0.15, -0.1) is 0 Å². The highest BCUT2D eigenvalue weighted by molar-refractivity contribution is 5.30. The van der Waals surface area contributed by atoms with E-state index in [0.717, 1.165) is 25.4 Å². The van der Waals surface area contributed by atoms with Gasteiger partial charge in [0.25, 0.3) is 0 Å². The number of nitrogens with zero attached hydrogens (tertiary/aromatic N) is 1. The smallest absolute Gasteiger partial charge is 0.119 e. The molecule has 1 saturated carbocycles. The average Bonchev–Trinajstić information content (AvgIpc) is 2.55. The SMILES string of the molecule is COc1cccc(C(C)N2CCNCC23CCCCC3)c1. The quantitative estimate of drug-likeness (QED) is 0.923. The molecule has 0 radical (unpaired) electrons. The fraction of sp³-hybridized carbons (Fsp3) is 0.667. The first-order valence-electron chi connectivity index (χ1n) is 8.37. The van der Waals surface area contributed by atoms with Crippen LogP contribution in [-0.2, 0) is 0 Å². The van der Waals surface area contributed by atoms with Crippen LogP contribution >= 0.6 is 0 Å². The number of benzene rings is 1. The monoisotopic (exact) mass is 288 g/mol. The van der Waals surface area contributed by atoms with E-state index in [9.17, 15) is 0 Å². The van der Waals surface area contributed by atoms with Crippen molar-refractivity contribution in [3.63, 3.8) is 0 Å². The molecule has 0 bridgehead atoms. The molecule has 21 heavy (non-hydrogen) atoms. The molecular formula is C18H28N2O. The van der Waals surface area contributed by atoms with Gasteiger partial charge >= 0.3 is 0 Å². The van der Waals surface area contributed by atoms with E-state index in [1.54, 1.807) is 7.11 Å². The van der Waals surface area contributed by atoms with Gasteiger partial charge in [0.15, 0.2) is 0 Å². The van der Waals surface area contributed by atoms with Crippen molar-refractivity contribution in [1.82, 2.24) is 10.2 Å². The Balaban J connectivity index is 1.84. The van der Waals surface area contributed by atoms with Crippen molar-refractivity contribution in [2.24, 2.45) is 0 Å². The Morgan fingerprint density at radius 1 is 1.24 bits per heavy atom. The minimum Gasteiger partial charge on any atom is -0.497 e. The van der Waals surface area contributed by atoms with Crippen LogP contribution in [0.25, 0.3) is 0 Å². The molecule has 116 valence electrons. The zero-order chi connectivity index (χ0) is 14.7. The molecule has 3 nitrogen and oxygen atoms in total. The Morgan fingerprint density at radius 3 is 2.81 bits per heavy atom. The van der Waals surface area contributed by atoms with Gasteiger partial charge in [0.05, 0.1) is 7.11 Å². The van der Waals surface area contributed by atoms with Crippen molar-refractivity contribution in [2.45, 2.75) is 50.6 Å².